The molecule has 0 saturated heterocycles. The van der Waals surface area contributed by atoms with Crippen LogP contribution < -0.4 is 4.74 Å². The Bertz CT molecular complexity index is 1030. The van der Waals surface area contributed by atoms with Gasteiger partial charge in [0, 0.05) is 24.2 Å². The fraction of sp³-hybridized carbons (Fsp3) is 0.286. The highest BCUT2D eigenvalue weighted by molar-refractivity contribution is 5.85. The second-order valence-corrected chi connectivity index (χ2v) is 7.56. The number of carbonyl (C=O) groups is 1. The monoisotopic (exact) mass is 394 g/mol. The standard InChI is InChI=1S/C21H22N4O4/c1-21(2,3)24(12-15-7-5-4-6-8-15)19(26)13-29-20-17-10-9-16(25(27)28)11-18(17)22-14-23-20/h4-11,14H,12-13H2,1-3H3. The Balaban J connectivity index is 1.78. The third kappa shape index (κ3) is 4.84. The SMILES string of the molecule is CC(C)(C)N(Cc1ccccc1)C(=O)COc1ncnc2cc([N+](=O)[O-])ccc12. The first-order chi connectivity index (χ1) is 13.8. The van der Waals surface area contributed by atoms with Crippen molar-refractivity contribution in [3.63, 3.8) is 0 Å². The van der Waals surface area contributed by atoms with Gasteiger partial charge in [0.05, 0.1) is 15.8 Å². The fourth-order valence-corrected chi connectivity index (χ4v) is 2.92. The van der Waals surface area contributed by atoms with Crippen LogP contribution >= 0.6 is 0 Å². The molecular formula is C21H22N4O4. The molecule has 0 radical (unpaired) electrons. The number of nitrogens with zero attached hydrogens (tertiary/aromatic N) is 4. The molecule has 150 valence electrons. The number of carbonyl (C=O) groups excluding carboxylic acids is 1. The van der Waals surface area contributed by atoms with E-state index in [4.69, 9.17) is 4.74 Å². The van der Waals surface area contributed by atoms with Gasteiger partial charge in [0.1, 0.15) is 6.33 Å². The van der Waals surface area contributed by atoms with E-state index in [1.807, 2.05) is 51.1 Å². The summed E-state index contributed by atoms with van der Waals surface area (Å²) in [7, 11) is 0. The molecule has 1 heterocycles. The van der Waals surface area contributed by atoms with Crippen molar-refractivity contribution in [2.45, 2.75) is 32.9 Å². The zero-order valence-corrected chi connectivity index (χ0v) is 16.5. The number of nitro groups is 1. The van der Waals surface area contributed by atoms with Crippen LogP contribution in [0.4, 0.5) is 5.69 Å². The highest BCUT2D eigenvalue weighted by Crippen LogP contribution is 2.25. The molecule has 8 heteroatoms. The van der Waals surface area contributed by atoms with Gasteiger partial charge in [-0.3, -0.25) is 14.9 Å². The van der Waals surface area contributed by atoms with E-state index in [9.17, 15) is 14.9 Å². The Morgan fingerprint density at radius 1 is 1.14 bits per heavy atom. The minimum absolute atomic E-state index is 0.0694. The van der Waals surface area contributed by atoms with Crippen molar-refractivity contribution < 1.29 is 14.5 Å². The summed E-state index contributed by atoms with van der Waals surface area (Å²) in [4.78, 5) is 33.3. The lowest BCUT2D eigenvalue weighted by atomic mass is 10.0. The second kappa shape index (κ2) is 8.22. The van der Waals surface area contributed by atoms with Gasteiger partial charge >= 0.3 is 0 Å². The predicted molar refractivity (Wildman–Crippen MR) is 108 cm³/mol. The first-order valence-electron chi connectivity index (χ1n) is 9.12. The van der Waals surface area contributed by atoms with E-state index in [0.717, 1.165) is 5.56 Å². The highest BCUT2D eigenvalue weighted by atomic mass is 16.6. The first-order valence-corrected chi connectivity index (χ1v) is 9.12. The minimum atomic E-state index is -0.490. The van der Waals surface area contributed by atoms with E-state index in [2.05, 4.69) is 9.97 Å². The smallest absolute Gasteiger partial charge is 0.271 e. The van der Waals surface area contributed by atoms with Crippen molar-refractivity contribution in [1.29, 1.82) is 0 Å². The van der Waals surface area contributed by atoms with Gasteiger partial charge in [0.15, 0.2) is 6.61 Å². The number of benzene rings is 2. The number of nitro benzene ring substituents is 1. The third-order valence-corrected chi connectivity index (χ3v) is 4.42. The van der Waals surface area contributed by atoms with Gasteiger partial charge in [0.2, 0.25) is 5.88 Å². The average molecular weight is 394 g/mol. The van der Waals surface area contributed by atoms with E-state index in [1.54, 1.807) is 4.90 Å². The molecule has 3 rings (SSSR count). The van der Waals surface area contributed by atoms with Gasteiger partial charge in [-0.1, -0.05) is 30.3 Å². The molecule has 0 aliphatic rings. The van der Waals surface area contributed by atoms with E-state index in [-0.39, 0.29) is 24.1 Å². The summed E-state index contributed by atoms with van der Waals surface area (Å²) in [5, 5.41) is 11.5. The molecule has 0 spiro atoms. The topological polar surface area (TPSA) is 98.5 Å². The molecule has 0 aliphatic carbocycles. The number of fused-ring (bicyclic) bond motifs is 1. The van der Waals surface area contributed by atoms with E-state index >= 15 is 0 Å². The number of hydrogen-bond acceptors (Lipinski definition) is 6. The molecular weight excluding hydrogens is 372 g/mol. The molecule has 1 aromatic heterocycles. The molecule has 3 aromatic rings. The van der Waals surface area contributed by atoms with Crippen molar-refractivity contribution in [3.8, 4) is 5.88 Å². The van der Waals surface area contributed by atoms with Gasteiger partial charge in [0.25, 0.3) is 11.6 Å². The van der Waals surface area contributed by atoms with Gasteiger partial charge in [-0.2, -0.15) is 0 Å². The molecule has 8 nitrogen and oxygen atoms in total. The van der Waals surface area contributed by atoms with Crippen molar-refractivity contribution in [3.05, 3.63) is 70.5 Å². The number of rotatable bonds is 6. The quantitative estimate of drug-likeness (QED) is 0.466. The van der Waals surface area contributed by atoms with Crippen LogP contribution in [0.3, 0.4) is 0 Å². The zero-order valence-electron chi connectivity index (χ0n) is 16.5. The molecule has 0 saturated carbocycles. The summed E-state index contributed by atoms with van der Waals surface area (Å²) >= 11 is 0. The summed E-state index contributed by atoms with van der Waals surface area (Å²) in [6.07, 6.45) is 1.26. The maximum absolute atomic E-state index is 12.9. The molecule has 2 aromatic carbocycles. The Hall–Kier alpha value is -3.55. The summed E-state index contributed by atoms with van der Waals surface area (Å²) in [5.74, 6) is 0.0295. The van der Waals surface area contributed by atoms with Crippen LogP contribution in [0.25, 0.3) is 10.9 Å². The van der Waals surface area contributed by atoms with Crippen molar-refractivity contribution in [2.24, 2.45) is 0 Å². The number of aromatic nitrogens is 2. The Kier molecular flexibility index (Phi) is 5.72. The van der Waals surface area contributed by atoms with Gasteiger partial charge in [-0.15, -0.1) is 0 Å². The van der Waals surface area contributed by atoms with Crippen LogP contribution in [0, 0.1) is 10.1 Å². The number of amides is 1. The first kappa shape index (κ1) is 20.2. The van der Waals surface area contributed by atoms with Crippen LogP contribution in [0.2, 0.25) is 0 Å². The number of non-ortho nitro benzene ring substituents is 1. The van der Waals surface area contributed by atoms with Gasteiger partial charge in [-0.05, 0) is 32.4 Å². The molecule has 0 atom stereocenters. The van der Waals surface area contributed by atoms with E-state index < -0.39 is 10.5 Å². The molecule has 0 aliphatic heterocycles. The average Bonchev–Trinajstić information content (AvgIpc) is 2.69. The Morgan fingerprint density at radius 3 is 2.52 bits per heavy atom. The van der Waals surface area contributed by atoms with Crippen molar-refractivity contribution >= 4 is 22.5 Å². The molecule has 0 unspecified atom stereocenters. The van der Waals surface area contributed by atoms with Crippen LogP contribution in [0.15, 0.2) is 54.9 Å². The summed E-state index contributed by atoms with van der Waals surface area (Å²) in [6, 6.07) is 14.0. The van der Waals surface area contributed by atoms with E-state index in [1.165, 1.54) is 24.5 Å². The number of ether oxygens (including phenoxy) is 1. The van der Waals surface area contributed by atoms with Crippen LogP contribution in [-0.4, -0.2) is 37.8 Å². The maximum atomic E-state index is 12.9. The van der Waals surface area contributed by atoms with Crippen LogP contribution in [-0.2, 0) is 11.3 Å². The third-order valence-electron chi connectivity index (χ3n) is 4.42. The summed E-state index contributed by atoms with van der Waals surface area (Å²) in [5.41, 5.74) is 0.939. The molecule has 0 bridgehead atoms. The normalized spacial score (nSPS) is 11.3. The molecule has 1 amide bonds. The number of hydrogen-bond donors (Lipinski definition) is 0. The van der Waals surface area contributed by atoms with E-state index in [0.29, 0.717) is 17.4 Å². The summed E-state index contributed by atoms with van der Waals surface area (Å²) in [6.45, 7) is 6.16. The Morgan fingerprint density at radius 2 is 1.86 bits per heavy atom. The van der Waals surface area contributed by atoms with Crippen molar-refractivity contribution in [1.82, 2.24) is 14.9 Å². The predicted octanol–water partition coefficient (Wildman–Crippen LogP) is 3.74. The lowest BCUT2D eigenvalue weighted by molar-refractivity contribution is -0.384. The Labute approximate surface area is 168 Å². The van der Waals surface area contributed by atoms with Crippen LogP contribution in [0.5, 0.6) is 5.88 Å². The zero-order chi connectivity index (χ0) is 21.0. The van der Waals surface area contributed by atoms with Gasteiger partial charge < -0.3 is 9.64 Å². The van der Waals surface area contributed by atoms with Crippen LogP contribution in [0.1, 0.15) is 26.3 Å². The molecule has 0 N–H and O–H groups in total. The maximum Gasteiger partial charge on any atom is 0.271 e. The lowest BCUT2D eigenvalue weighted by Gasteiger charge is -2.35. The van der Waals surface area contributed by atoms with Gasteiger partial charge in [-0.25, -0.2) is 9.97 Å². The second-order valence-electron chi connectivity index (χ2n) is 7.56. The molecule has 29 heavy (non-hydrogen) atoms. The fourth-order valence-electron chi connectivity index (χ4n) is 2.92. The highest BCUT2D eigenvalue weighted by Gasteiger charge is 2.27. The minimum Gasteiger partial charge on any atom is -0.467 e. The lowest BCUT2D eigenvalue weighted by Crippen LogP contribution is -2.47. The van der Waals surface area contributed by atoms with Crippen molar-refractivity contribution in [2.75, 3.05) is 6.61 Å². The largest absolute Gasteiger partial charge is 0.467 e. The molecule has 0 fully saturated rings. The summed E-state index contributed by atoms with van der Waals surface area (Å²) < 4.78 is 5.68.